The van der Waals surface area contributed by atoms with Gasteiger partial charge in [-0.2, -0.15) is 0 Å². The number of aryl methyl sites for hydroxylation is 1. The molecule has 0 spiro atoms. The summed E-state index contributed by atoms with van der Waals surface area (Å²) in [5.74, 6) is 0.910. The van der Waals surface area contributed by atoms with E-state index in [2.05, 4.69) is 72.1 Å². The summed E-state index contributed by atoms with van der Waals surface area (Å²) in [4.78, 5) is 0.119. The number of hydrogen-bond acceptors (Lipinski definition) is 1. The summed E-state index contributed by atoms with van der Waals surface area (Å²) >= 11 is 10.9. The Hall–Kier alpha value is -0.320. The highest BCUT2D eigenvalue weighted by molar-refractivity contribution is 9.11. The van der Waals surface area contributed by atoms with Crippen LogP contribution in [0.4, 0.5) is 0 Å². The normalized spacial score (nSPS) is 12.3. The molecule has 2 aromatic rings. The molecule has 0 amide bonds. The third-order valence-electron chi connectivity index (χ3n) is 2.96. The van der Waals surface area contributed by atoms with E-state index in [-0.39, 0.29) is 4.83 Å². The summed E-state index contributed by atoms with van der Waals surface area (Å²) in [6.07, 6.45) is 0. The van der Waals surface area contributed by atoms with Crippen molar-refractivity contribution in [3.63, 3.8) is 0 Å². The maximum atomic E-state index is 5.38. The minimum Gasteiger partial charge on any atom is -0.496 e. The zero-order chi connectivity index (χ0) is 14.0. The minimum atomic E-state index is 0.119. The Labute approximate surface area is 138 Å². The van der Waals surface area contributed by atoms with Crippen molar-refractivity contribution in [2.24, 2.45) is 0 Å². The number of halogens is 3. The lowest BCUT2D eigenvalue weighted by Crippen LogP contribution is -1.96. The fourth-order valence-electron chi connectivity index (χ4n) is 1.88. The van der Waals surface area contributed by atoms with Gasteiger partial charge in [0.25, 0.3) is 0 Å². The average molecular weight is 449 g/mol. The fourth-order valence-corrected chi connectivity index (χ4v) is 3.71. The van der Waals surface area contributed by atoms with Gasteiger partial charge in [-0.25, -0.2) is 0 Å². The molecule has 19 heavy (non-hydrogen) atoms. The maximum Gasteiger partial charge on any atom is 0.122 e. The molecule has 0 aliphatic carbocycles. The Bertz CT molecular complexity index is 596. The van der Waals surface area contributed by atoms with Gasteiger partial charge in [0.1, 0.15) is 5.75 Å². The number of benzene rings is 2. The van der Waals surface area contributed by atoms with Crippen molar-refractivity contribution < 1.29 is 4.74 Å². The first-order chi connectivity index (χ1) is 9.02. The van der Waals surface area contributed by atoms with E-state index in [4.69, 9.17) is 4.74 Å². The molecular weight excluding hydrogens is 436 g/mol. The number of ether oxygens (including phenoxy) is 1. The highest BCUT2D eigenvalue weighted by Gasteiger charge is 2.15. The predicted octanol–water partition coefficient (Wildman–Crippen LogP) is 6.01. The van der Waals surface area contributed by atoms with E-state index in [0.717, 1.165) is 20.3 Å². The molecule has 0 N–H and O–H groups in total. The molecule has 2 aromatic carbocycles. The number of hydrogen-bond donors (Lipinski definition) is 0. The zero-order valence-electron chi connectivity index (χ0n) is 10.6. The van der Waals surface area contributed by atoms with E-state index in [9.17, 15) is 0 Å². The van der Waals surface area contributed by atoms with E-state index in [0.29, 0.717) is 0 Å². The molecule has 0 aliphatic rings. The molecule has 100 valence electrons. The molecule has 0 bridgehead atoms. The van der Waals surface area contributed by atoms with Crippen LogP contribution in [0.2, 0.25) is 0 Å². The van der Waals surface area contributed by atoms with Crippen molar-refractivity contribution in [1.29, 1.82) is 0 Å². The van der Waals surface area contributed by atoms with Crippen molar-refractivity contribution in [3.05, 3.63) is 62.0 Å². The van der Waals surface area contributed by atoms with E-state index in [1.165, 1.54) is 11.1 Å². The molecule has 1 nitrogen and oxygen atoms in total. The molecule has 2 rings (SSSR count). The monoisotopic (exact) mass is 446 g/mol. The summed E-state index contributed by atoms with van der Waals surface area (Å²) < 4.78 is 7.53. The standard InChI is InChI=1S/C15H13Br3O/c1-9-3-4-10(7-14(9)19-2)15(18)12-8-11(16)5-6-13(12)17/h3-8,15H,1-2H3. The van der Waals surface area contributed by atoms with Crippen LogP contribution < -0.4 is 4.74 Å². The van der Waals surface area contributed by atoms with Gasteiger partial charge in [0.2, 0.25) is 0 Å². The summed E-state index contributed by atoms with van der Waals surface area (Å²) in [5, 5.41) is 0. The van der Waals surface area contributed by atoms with Gasteiger partial charge in [0.05, 0.1) is 11.9 Å². The molecule has 4 heteroatoms. The van der Waals surface area contributed by atoms with E-state index in [1.807, 2.05) is 19.1 Å². The van der Waals surface area contributed by atoms with Gasteiger partial charge in [-0.15, -0.1) is 0 Å². The van der Waals surface area contributed by atoms with Crippen LogP contribution >= 0.6 is 47.8 Å². The second-order valence-electron chi connectivity index (χ2n) is 4.26. The van der Waals surface area contributed by atoms with Gasteiger partial charge >= 0.3 is 0 Å². The van der Waals surface area contributed by atoms with E-state index in [1.54, 1.807) is 7.11 Å². The summed E-state index contributed by atoms with van der Waals surface area (Å²) in [6, 6.07) is 12.4. The molecule has 1 unspecified atom stereocenters. The van der Waals surface area contributed by atoms with Gasteiger partial charge in [-0.3, -0.25) is 0 Å². The first-order valence-corrected chi connectivity index (χ1v) is 8.26. The Balaban J connectivity index is 2.43. The van der Waals surface area contributed by atoms with Crippen LogP contribution in [-0.4, -0.2) is 7.11 Å². The third-order valence-corrected chi connectivity index (χ3v) is 5.19. The largest absolute Gasteiger partial charge is 0.496 e. The molecule has 1 atom stereocenters. The molecular formula is C15H13Br3O. The highest BCUT2D eigenvalue weighted by Crippen LogP contribution is 2.38. The van der Waals surface area contributed by atoms with Crippen molar-refractivity contribution in [1.82, 2.24) is 0 Å². The average Bonchev–Trinajstić information content (AvgIpc) is 2.41. The Morgan fingerprint density at radius 3 is 2.47 bits per heavy atom. The fraction of sp³-hybridized carbons (Fsp3) is 0.200. The summed E-state index contributed by atoms with van der Waals surface area (Å²) in [5.41, 5.74) is 3.49. The van der Waals surface area contributed by atoms with Crippen LogP contribution in [0.25, 0.3) is 0 Å². The van der Waals surface area contributed by atoms with Crippen molar-refractivity contribution in [2.45, 2.75) is 11.8 Å². The first-order valence-electron chi connectivity index (χ1n) is 5.76. The van der Waals surface area contributed by atoms with Crippen LogP contribution in [-0.2, 0) is 0 Å². The number of rotatable bonds is 3. The van der Waals surface area contributed by atoms with Gasteiger partial charge in [-0.1, -0.05) is 59.9 Å². The van der Waals surface area contributed by atoms with Gasteiger partial charge in [0, 0.05) is 8.95 Å². The van der Waals surface area contributed by atoms with E-state index < -0.39 is 0 Å². The second-order valence-corrected chi connectivity index (χ2v) is 6.94. The van der Waals surface area contributed by atoms with Gasteiger partial charge in [0.15, 0.2) is 0 Å². The Morgan fingerprint density at radius 1 is 1.05 bits per heavy atom. The van der Waals surface area contributed by atoms with Crippen LogP contribution in [0.3, 0.4) is 0 Å². The van der Waals surface area contributed by atoms with Crippen molar-refractivity contribution >= 4 is 47.8 Å². The molecule has 0 radical (unpaired) electrons. The molecule has 0 heterocycles. The molecule has 0 aromatic heterocycles. The third kappa shape index (κ3) is 3.41. The second kappa shape index (κ2) is 6.42. The highest BCUT2D eigenvalue weighted by atomic mass is 79.9. The van der Waals surface area contributed by atoms with Crippen LogP contribution in [0.5, 0.6) is 5.75 Å². The number of methoxy groups -OCH3 is 1. The van der Waals surface area contributed by atoms with Crippen molar-refractivity contribution in [2.75, 3.05) is 7.11 Å². The molecule has 0 aliphatic heterocycles. The van der Waals surface area contributed by atoms with Crippen LogP contribution in [0.1, 0.15) is 21.5 Å². The Kier molecular flexibility index (Phi) is 5.09. The maximum absolute atomic E-state index is 5.38. The van der Waals surface area contributed by atoms with Gasteiger partial charge in [-0.05, 0) is 47.9 Å². The SMILES string of the molecule is COc1cc(C(Br)c2cc(Br)ccc2Br)ccc1C. The van der Waals surface area contributed by atoms with Crippen LogP contribution in [0, 0.1) is 6.92 Å². The molecule has 0 saturated carbocycles. The minimum absolute atomic E-state index is 0.119. The van der Waals surface area contributed by atoms with Crippen molar-refractivity contribution in [3.8, 4) is 5.75 Å². The summed E-state index contributed by atoms with van der Waals surface area (Å²) in [6.45, 7) is 2.04. The molecule has 0 fully saturated rings. The van der Waals surface area contributed by atoms with Crippen LogP contribution in [0.15, 0.2) is 45.3 Å². The quantitative estimate of drug-likeness (QED) is 0.522. The number of alkyl halides is 1. The zero-order valence-corrected chi connectivity index (χ0v) is 15.3. The summed E-state index contributed by atoms with van der Waals surface area (Å²) in [7, 11) is 1.70. The lowest BCUT2D eigenvalue weighted by atomic mass is 10.0. The van der Waals surface area contributed by atoms with Gasteiger partial charge < -0.3 is 4.74 Å². The molecule has 0 saturated heterocycles. The Morgan fingerprint density at radius 2 is 1.79 bits per heavy atom. The first kappa shape index (κ1) is 15.1. The smallest absolute Gasteiger partial charge is 0.122 e. The lowest BCUT2D eigenvalue weighted by molar-refractivity contribution is 0.411. The lowest BCUT2D eigenvalue weighted by Gasteiger charge is -2.15. The van der Waals surface area contributed by atoms with E-state index >= 15 is 0 Å². The predicted molar refractivity (Wildman–Crippen MR) is 90.3 cm³/mol. The topological polar surface area (TPSA) is 9.23 Å².